The van der Waals surface area contributed by atoms with Crippen LogP contribution in [0.15, 0.2) is 60.9 Å². The Hall–Kier alpha value is -3.54. The third kappa shape index (κ3) is 4.01. The van der Waals surface area contributed by atoms with Gasteiger partial charge in [-0.05, 0) is 17.7 Å². The number of nitrogens with zero attached hydrogens (tertiary/aromatic N) is 5. The molecule has 4 rings (SSSR count). The zero-order valence-corrected chi connectivity index (χ0v) is 16.5. The van der Waals surface area contributed by atoms with E-state index in [1.54, 1.807) is 23.0 Å². The molecule has 3 aromatic heterocycles. The number of rotatable bonds is 5. The summed E-state index contributed by atoms with van der Waals surface area (Å²) in [6.07, 6.45) is 3.04. The highest BCUT2D eigenvalue weighted by Gasteiger charge is 2.20. The van der Waals surface area contributed by atoms with Crippen molar-refractivity contribution < 1.29 is 4.79 Å². The largest absolute Gasteiger partial charge is 0.298 e. The van der Waals surface area contributed by atoms with Gasteiger partial charge in [0.1, 0.15) is 21.8 Å². The van der Waals surface area contributed by atoms with Gasteiger partial charge in [-0.15, -0.1) is 0 Å². The monoisotopic (exact) mass is 420 g/mol. The zero-order chi connectivity index (χ0) is 20.2. The van der Waals surface area contributed by atoms with E-state index in [-0.39, 0.29) is 10.7 Å². The van der Waals surface area contributed by atoms with Gasteiger partial charge in [-0.25, -0.2) is 9.67 Å². The predicted octanol–water partition coefficient (Wildman–Crippen LogP) is 4.23. The van der Waals surface area contributed by atoms with Crippen LogP contribution in [0.25, 0.3) is 11.4 Å². The molecule has 0 radical (unpaired) electrons. The molecule has 0 aliphatic carbocycles. The number of benzene rings is 1. The van der Waals surface area contributed by atoms with Crippen LogP contribution in [-0.2, 0) is 6.54 Å². The van der Waals surface area contributed by atoms with Crippen molar-refractivity contribution in [3.05, 3.63) is 82.1 Å². The van der Waals surface area contributed by atoms with E-state index in [1.807, 2.05) is 36.4 Å². The van der Waals surface area contributed by atoms with Gasteiger partial charge in [-0.1, -0.05) is 59.3 Å². The van der Waals surface area contributed by atoms with Gasteiger partial charge in [0, 0.05) is 6.20 Å². The van der Waals surface area contributed by atoms with E-state index in [9.17, 15) is 10.1 Å². The minimum Gasteiger partial charge on any atom is -0.298 e. The number of halogens is 1. The van der Waals surface area contributed by atoms with Crippen LogP contribution in [0.3, 0.4) is 0 Å². The van der Waals surface area contributed by atoms with Crippen LogP contribution in [0.2, 0.25) is 5.15 Å². The first kappa shape index (κ1) is 18.8. The van der Waals surface area contributed by atoms with E-state index in [4.69, 9.17) is 11.6 Å². The minimum atomic E-state index is -0.444. The molecule has 0 saturated carbocycles. The second-order valence-corrected chi connectivity index (χ2v) is 7.33. The van der Waals surface area contributed by atoms with Crippen molar-refractivity contribution in [3.8, 4) is 17.5 Å². The highest BCUT2D eigenvalue weighted by molar-refractivity contribution is 7.16. The Morgan fingerprint density at radius 3 is 2.72 bits per heavy atom. The number of pyridine rings is 1. The number of nitriles is 1. The van der Waals surface area contributed by atoms with E-state index in [1.165, 1.54) is 6.20 Å². The molecule has 1 aromatic carbocycles. The number of aromatic nitrogens is 4. The van der Waals surface area contributed by atoms with Crippen LogP contribution in [0.5, 0.6) is 0 Å². The molecule has 0 saturated heterocycles. The maximum absolute atomic E-state index is 12.7. The molecule has 0 fully saturated rings. The number of hydrogen-bond donors (Lipinski definition) is 1. The van der Waals surface area contributed by atoms with E-state index in [2.05, 4.69) is 26.5 Å². The molecule has 0 aliphatic heterocycles. The van der Waals surface area contributed by atoms with Crippen molar-refractivity contribution >= 4 is 34.0 Å². The van der Waals surface area contributed by atoms with Gasteiger partial charge in [-0.2, -0.15) is 10.4 Å². The highest BCUT2D eigenvalue weighted by Crippen LogP contribution is 2.30. The lowest BCUT2D eigenvalue weighted by Crippen LogP contribution is -2.12. The van der Waals surface area contributed by atoms with Gasteiger partial charge in [0.2, 0.25) is 0 Å². The summed E-state index contributed by atoms with van der Waals surface area (Å²) in [5.41, 5.74) is 2.24. The molecule has 142 valence electrons. The summed E-state index contributed by atoms with van der Waals surface area (Å²) in [4.78, 5) is 21.6. The fraction of sp³-hybridized carbons (Fsp3) is 0.0500. The molecule has 4 aromatic rings. The minimum absolute atomic E-state index is 0.230. The maximum atomic E-state index is 12.7. The number of carbonyl (C=O) groups is 1. The summed E-state index contributed by atoms with van der Waals surface area (Å²) in [6.45, 7) is 0.451. The van der Waals surface area contributed by atoms with Crippen LogP contribution in [-0.4, -0.2) is 25.7 Å². The normalized spacial score (nSPS) is 10.5. The maximum Gasteiger partial charge on any atom is 0.262 e. The Kier molecular flexibility index (Phi) is 5.33. The lowest BCUT2D eigenvalue weighted by molar-refractivity contribution is 0.102. The SMILES string of the molecule is N#Cc1sc(NC(=O)c2cnn(Cc3ccccc3)c2Cl)nc1-c1ccccn1. The number of hydrogen-bond acceptors (Lipinski definition) is 6. The van der Waals surface area contributed by atoms with E-state index < -0.39 is 5.91 Å². The lowest BCUT2D eigenvalue weighted by Gasteiger charge is -2.04. The quantitative estimate of drug-likeness (QED) is 0.521. The van der Waals surface area contributed by atoms with Crippen molar-refractivity contribution in [2.75, 3.05) is 5.32 Å². The second kappa shape index (κ2) is 8.22. The van der Waals surface area contributed by atoms with E-state index in [0.717, 1.165) is 16.9 Å². The third-order valence-electron chi connectivity index (χ3n) is 4.05. The molecule has 0 atom stereocenters. The molecule has 0 aliphatic rings. The average Bonchev–Trinajstić information content (AvgIpc) is 3.33. The summed E-state index contributed by atoms with van der Waals surface area (Å²) in [7, 11) is 0. The van der Waals surface area contributed by atoms with Crippen LogP contribution >= 0.6 is 22.9 Å². The zero-order valence-electron chi connectivity index (χ0n) is 14.9. The van der Waals surface area contributed by atoms with Crippen molar-refractivity contribution in [3.63, 3.8) is 0 Å². The van der Waals surface area contributed by atoms with Crippen LogP contribution in [0.4, 0.5) is 5.13 Å². The van der Waals surface area contributed by atoms with Crippen molar-refractivity contribution in [1.82, 2.24) is 19.7 Å². The number of carbonyl (C=O) groups excluding carboxylic acids is 1. The van der Waals surface area contributed by atoms with Gasteiger partial charge < -0.3 is 0 Å². The molecule has 7 nitrogen and oxygen atoms in total. The van der Waals surface area contributed by atoms with Crippen molar-refractivity contribution in [2.24, 2.45) is 0 Å². The Balaban J connectivity index is 1.55. The highest BCUT2D eigenvalue weighted by atomic mass is 35.5. The first-order chi connectivity index (χ1) is 14.2. The summed E-state index contributed by atoms with van der Waals surface area (Å²) >= 11 is 7.43. The molecule has 29 heavy (non-hydrogen) atoms. The molecule has 0 bridgehead atoms. The molecule has 3 heterocycles. The molecular weight excluding hydrogens is 408 g/mol. The van der Waals surface area contributed by atoms with Crippen LogP contribution in [0.1, 0.15) is 20.8 Å². The topological polar surface area (TPSA) is 96.5 Å². The van der Waals surface area contributed by atoms with E-state index in [0.29, 0.717) is 27.9 Å². The summed E-state index contributed by atoms with van der Waals surface area (Å²) in [5.74, 6) is -0.444. The number of thiazole rings is 1. The second-order valence-electron chi connectivity index (χ2n) is 5.97. The third-order valence-corrected chi connectivity index (χ3v) is 5.33. The average molecular weight is 421 g/mol. The Morgan fingerprint density at radius 1 is 1.21 bits per heavy atom. The van der Waals surface area contributed by atoms with E-state index >= 15 is 0 Å². The fourth-order valence-electron chi connectivity index (χ4n) is 2.68. The van der Waals surface area contributed by atoms with Gasteiger partial charge in [0.25, 0.3) is 5.91 Å². The lowest BCUT2D eigenvalue weighted by atomic mass is 10.2. The standard InChI is InChI=1S/C20H13ClN6OS/c21-18-14(11-24-27(18)12-13-6-2-1-3-7-13)19(28)26-20-25-17(16(10-22)29-20)15-8-4-5-9-23-15/h1-9,11H,12H2,(H,25,26,28). The van der Waals surface area contributed by atoms with Gasteiger partial charge in [0.05, 0.1) is 24.0 Å². The van der Waals surface area contributed by atoms with Crippen molar-refractivity contribution in [2.45, 2.75) is 6.54 Å². The number of amides is 1. The van der Waals surface area contributed by atoms with Crippen LogP contribution in [0, 0.1) is 11.3 Å². The van der Waals surface area contributed by atoms with Gasteiger partial charge in [0.15, 0.2) is 5.13 Å². The molecule has 1 N–H and O–H groups in total. The predicted molar refractivity (Wildman–Crippen MR) is 111 cm³/mol. The first-order valence-corrected chi connectivity index (χ1v) is 9.74. The number of nitrogens with one attached hydrogen (secondary N) is 1. The van der Waals surface area contributed by atoms with Gasteiger partial charge in [-0.3, -0.25) is 15.1 Å². The first-order valence-electron chi connectivity index (χ1n) is 8.54. The Bertz CT molecular complexity index is 1200. The Labute approximate surface area is 175 Å². The molecule has 0 spiro atoms. The summed E-state index contributed by atoms with van der Waals surface area (Å²) in [5, 5.41) is 16.8. The summed E-state index contributed by atoms with van der Waals surface area (Å²) in [6, 6.07) is 17.1. The smallest absolute Gasteiger partial charge is 0.262 e. The Morgan fingerprint density at radius 2 is 2.00 bits per heavy atom. The van der Waals surface area contributed by atoms with Gasteiger partial charge >= 0.3 is 0 Å². The molecular formula is C20H13ClN6OS. The molecule has 0 unspecified atom stereocenters. The summed E-state index contributed by atoms with van der Waals surface area (Å²) < 4.78 is 1.55. The fourth-order valence-corrected chi connectivity index (χ4v) is 3.68. The molecule has 1 amide bonds. The van der Waals surface area contributed by atoms with Crippen LogP contribution < -0.4 is 5.32 Å². The van der Waals surface area contributed by atoms with Crippen molar-refractivity contribution in [1.29, 1.82) is 5.26 Å². The number of anilines is 1. The molecule has 9 heteroatoms.